The molecule has 4 aliphatic carbocycles. The molecule has 4 rings (SSSR count). The summed E-state index contributed by atoms with van der Waals surface area (Å²) in [6.45, 7) is 8.78. The van der Waals surface area contributed by atoms with Gasteiger partial charge in [-0.25, -0.2) is 0 Å². The molecular formula is C26H34O3. The summed E-state index contributed by atoms with van der Waals surface area (Å²) in [6.07, 6.45) is 14.8. The van der Waals surface area contributed by atoms with Crippen molar-refractivity contribution in [1.29, 1.82) is 0 Å². The minimum atomic E-state index is -0.218. The molecule has 0 saturated heterocycles. The van der Waals surface area contributed by atoms with Crippen LogP contribution >= 0.6 is 0 Å². The summed E-state index contributed by atoms with van der Waals surface area (Å²) in [4.78, 5) is 23.8. The van der Waals surface area contributed by atoms with E-state index in [1.54, 1.807) is 5.57 Å². The highest BCUT2D eigenvalue weighted by atomic mass is 16.5. The number of allylic oxidation sites excluding steroid dienone is 4. The minimum absolute atomic E-state index is 0.0916. The highest BCUT2D eigenvalue weighted by Crippen LogP contribution is 2.64. The Hall–Kier alpha value is -1.82. The highest BCUT2D eigenvalue weighted by molar-refractivity contribution is 5.92. The molecule has 156 valence electrons. The summed E-state index contributed by atoms with van der Waals surface area (Å²) >= 11 is 0. The van der Waals surface area contributed by atoms with Crippen LogP contribution in [0.2, 0.25) is 0 Å². The van der Waals surface area contributed by atoms with Crippen molar-refractivity contribution in [2.75, 3.05) is 0 Å². The van der Waals surface area contributed by atoms with Gasteiger partial charge in [-0.05, 0) is 67.8 Å². The van der Waals surface area contributed by atoms with E-state index in [2.05, 4.69) is 32.0 Å². The van der Waals surface area contributed by atoms with Gasteiger partial charge in [-0.1, -0.05) is 50.8 Å². The number of carbonyl (C=O) groups excluding carboxylic acids is 2. The Morgan fingerprint density at radius 3 is 2.79 bits per heavy atom. The van der Waals surface area contributed by atoms with Gasteiger partial charge >= 0.3 is 5.97 Å². The number of hydrogen-bond donors (Lipinski definition) is 0. The summed E-state index contributed by atoms with van der Waals surface area (Å²) in [5.74, 6) is 5.24. The topological polar surface area (TPSA) is 43.4 Å². The zero-order valence-corrected chi connectivity index (χ0v) is 18.3. The monoisotopic (exact) mass is 394 g/mol. The van der Waals surface area contributed by atoms with Gasteiger partial charge in [-0.3, -0.25) is 9.59 Å². The summed E-state index contributed by atoms with van der Waals surface area (Å²) < 4.78 is 5.19. The number of ketones is 1. The standard InChI is InChI=1S/C26H34O3/c1-17(2)15-24(28)29-14-11-18-6-8-22-21-7-5-19-16-20(27)9-12-26(19,4)23(21)10-13-25(18,22)3/h10,16-18,21-22H,5-9,12-13,15H2,1-4H3/t18-,21-,22-,25+,26-/m0/s1. The molecule has 0 heterocycles. The van der Waals surface area contributed by atoms with E-state index in [0.29, 0.717) is 36.4 Å². The quantitative estimate of drug-likeness (QED) is 0.348. The molecule has 3 heteroatoms. The van der Waals surface area contributed by atoms with Crippen LogP contribution in [-0.2, 0) is 14.3 Å². The van der Waals surface area contributed by atoms with Crippen LogP contribution in [0.25, 0.3) is 0 Å². The van der Waals surface area contributed by atoms with Crippen LogP contribution in [0.15, 0.2) is 23.3 Å². The van der Waals surface area contributed by atoms with E-state index in [9.17, 15) is 9.59 Å². The number of hydrogen-bond acceptors (Lipinski definition) is 3. The molecule has 2 saturated carbocycles. The Balaban J connectivity index is 1.54. The molecule has 29 heavy (non-hydrogen) atoms. The first kappa shape index (κ1) is 20.5. The molecular weight excluding hydrogens is 360 g/mol. The molecule has 0 aromatic heterocycles. The van der Waals surface area contributed by atoms with Gasteiger partial charge in [0.05, 0.1) is 0 Å². The Kier molecular flexibility index (Phi) is 5.26. The van der Waals surface area contributed by atoms with Crippen LogP contribution in [0, 0.1) is 46.5 Å². The maximum atomic E-state index is 12.0. The average molecular weight is 395 g/mol. The van der Waals surface area contributed by atoms with Crippen LogP contribution < -0.4 is 0 Å². The van der Waals surface area contributed by atoms with Gasteiger partial charge in [0.25, 0.3) is 0 Å². The van der Waals surface area contributed by atoms with Crippen molar-refractivity contribution in [2.24, 2.45) is 34.5 Å². The third-order valence-corrected chi connectivity index (χ3v) is 8.31. The molecule has 0 aromatic rings. The molecule has 0 unspecified atom stereocenters. The SMILES string of the molecule is CC(C)CC(=O)OC#C[C@@H]1CC[C@H]2[C@@H]3CCC4=CC(=O)CC[C@]4(C)C3=CC[C@]12C. The number of carbonyl (C=O) groups is 2. The van der Waals surface area contributed by atoms with Gasteiger partial charge in [0.2, 0.25) is 0 Å². The van der Waals surface area contributed by atoms with Gasteiger partial charge in [0.15, 0.2) is 5.78 Å². The van der Waals surface area contributed by atoms with Crippen molar-refractivity contribution < 1.29 is 14.3 Å². The van der Waals surface area contributed by atoms with Crippen LogP contribution in [0.4, 0.5) is 0 Å². The Bertz CT molecular complexity index is 836. The van der Waals surface area contributed by atoms with Crippen LogP contribution in [0.3, 0.4) is 0 Å². The maximum Gasteiger partial charge on any atom is 0.320 e. The first-order chi connectivity index (χ1) is 13.7. The van der Waals surface area contributed by atoms with Crippen molar-refractivity contribution in [3.05, 3.63) is 23.3 Å². The zero-order chi connectivity index (χ0) is 20.8. The minimum Gasteiger partial charge on any atom is -0.372 e. The Morgan fingerprint density at radius 1 is 1.24 bits per heavy atom. The largest absolute Gasteiger partial charge is 0.372 e. The van der Waals surface area contributed by atoms with E-state index in [1.807, 2.05) is 19.9 Å². The smallest absolute Gasteiger partial charge is 0.320 e. The number of rotatable bonds is 2. The molecule has 0 bridgehead atoms. The third kappa shape index (κ3) is 3.49. The normalized spacial score (nSPS) is 38.1. The second kappa shape index (κ2) is 7.46. The maximum absolute atomic E-state index is 12.0. The van der Waals surface area contributed by atoms with Crippen LogP contribution in [-0.4, -0.2) is 11.8 Å². The molecule has 2 fully saturated rings. The summed E-state index contributed by atoms with van der Waals surface area (Å²) in [6, 6.07) is 0. The van der Waals surface area contributed by atoms with Crippen LogP contribution in [0.5, 0.6) is 0 Å². The molecule has 0 radical (unpaired) electrons. The molecule has 4 aliphatic rings. The van der Waals surface area contributed by atoms with Gasteiger partial charge < -0.3 is 4.74 Å². The fraction of sp³-hybridized carbons (Fsp3) is 0.692. The zero-order valence-electron chi connectivity index (χ0n) is 18.3. The lowest BCUT2D eigenvalue weighted by Crippen LogP contribution is -2.44. The number of esters is 1. The lowest BCUT2D eigenvalue weighted by atomic mass is 9.51. The van der Waals surface area contributed by atoms with Crippen LogP contribution in [0.1, 0.15) is 79.1 Å². The highest BCUT2D eigenvalue weighted by Gasteiger charge is 2.55. The molecule has 0 N–H and O–H groups in total. The fourth-order valence-electron chi connectivity index (χ4n) is 6.63. The Morgan fingerprint density at radius 2 is 2.03 bits per heavy atom. The van der Waals surface area contributed by atoms with E-state index in [0.717, 1.165) is 32.1 Å². The second-order valence-electron chi connectivity index (χ2n) is 10.5. The molecule has 0 aromatic carbocycles. The van der Waals surface area contributed by atoms with Gasteiger partial charge in [-0.2, -0.15) is 0 Å². The Labute approximate surface area is 175 Å². The predicted octanol–water partition coefficient (Wildman–Crippen LogP) is 5.60. The van der Waals surface area contributed by atoms with Gasteiger partial charge in [-0.15, -0.1) is 0 Å². The van der Waals surface area contributed by atoms with Crippen molar-refractivity contribution >= 4 is 11.8 Å². The lowest BCUT2D eigenvalue weighted by molar-refractivity contribution is -0.137. The second-order valence-corrected chi connectivity index (χ2v) is 10.5. The van der Waals surface area contributed by atoms with E-state index >= 15 is 0 Å². The summed E-state index contributed by atoms with van der Waals surface area (Å²) in [5, 5.41) is 0. The van der Waals surface area contributed by atoms with Gasteiger partial charge in [0, 0.05) is 24.2 Å². The first-order valence-corrected chi connectivity index (χ1v) is 11.4. The van der Waals surface area contributed by atoms with E-state index in [1.165, 1.54) is 12.0 Å². The van der Waals surface area contributed by atoms with Crippen molar-refractivity contribution in [1.82, 2.24) is 0 Å². The molecule has 0 spiro atoms. The predicted molar refractivity (Wildman–Crippen MR) is 113 cm³/mol. The molecule has 3 nitrogen and oxygen atoms in total. The van der Waals surface area contributed by atoms with E-state index < -0.39 is 0 Å². The summed E-state index contributed by atoms with van der Waals surface area (Å²) in [7, 11) is 0. The van der Waals surface area contributed by atoms with Gasteiger partial charge in [0.1, 0.15) is 6.11 Å². The molecule has 0 aliphatic heterocycles. The van der Waals surface area contributed by atoms with E-state index in [-0.39, 0.29) is 22.7 Å². The number of fused-ring (bicyclic) bond motifs is 5. The first-order valence-electron chi connectivity index (χ1n) is 11.4. The lowest BCUT2D eigenvalue weighted by Gasteiger charge is -2.53. The fourth-order valence-corrected chi connectivity index (χ4v) is 6.63. The molecule has 0 amide bonds. The van der Waals surface area contributed by atoms with Crippen molar-refractivity contribution in [2.45, 2.75) is 79.1 Å². The third-order valence-electron chi connectivity index (χ3n) is 8.31. The van der Waals surface area contributed by atoms with Crippen molar-refractivity contribution in [3.63, 3.8) is 0 Å². The summed E-state index contributed by atoms with van der Waals surface area (Å²) in [5.41, 5.74) is 3.22. The van der Waals surface area contributed by atoms with E-state index in [4.69, 9.17) is 4.74 Å². The van der Waals surface area contributed by atoms with Crippen molar-refractivity contribution in [3.8, 4) is 12.0 Å². The molecule has 5 atom stereocenters. The number of ether oxygens (including phenoxy) is 1. The average Bonchev–Trinajstić information content (AvgIpc) is 2.98.